The zero-order chi connectivity index (χ0) is 16.2. The van der Waals surface area contributed by atoms with Gasteiger partial charge in [-0.05, 0) is 31.0 Å². The topological polar surface area (TPSA) is 24.9 Å². The quantitative estimate of drug-likeness (QED) is 0.693. The molecule has 2 heteroatoms. The SMILES string of the molecule is C=C(Nc1cncc(-c2cccc(C)c2)c1)c1ccccc1C. The Morgan fingerprint density at radius 2 is 1.74 bits per heavy atom. The van der Waals surface area contributed by atoms with E-state index in [1.165, 1.54) is 16.7 Å². The molecule has 23 heavy (non-hydrogen) atoms. The Morgan fingerprint density at radius 3 is 2.52 bits per heavy atom. The molecule has 0 saturated carbocycles. The maximum Gasteiger partial charge on any atom is 0.0576 e. The molecular weight excluding hydrogens is 280 g/mol. The fraction of sp³-hybridized carbons (Fsp3) is 0.0952. The van der Waals surface area contributed by atoms with E-state index in [2.05, 4.69) is 73.2 Å². The average Bonchev–Trinajstić information content (AvgIpc) is 2.55. The van der Waals surface area contributed by atoms with Crippen molar-refractivity contribution < 1.29 is 0 Å². The number of anilines is 1. The zero-order valence-corrected chi connectivity index (χ0v) is 13.5. The van der Waals surface area contributed by atoms with Crippen LogP contribution in [-0.4, -0.2) is 4.98 Å². The van der Waals surface area contributed by atoms with Crippen LogP contribution in [0.25, 0.3) is 16.8 Å². The van der Waals surface area contributed by atoms with Gasteiger partial charge in [-0.25, -0.2) is 0 Å². The normalized spacial score (nSPS) is 10.3. The molecule has 114 valence electrons. The van der Waals surface area contributed by atoms with Crippen molar-refractivity contribution in [3.8, 4) is 11.1 Å². The first kappa shape index (κ1) is 15.0. The van der Waals surface area contributed by atoms with Crippen molar-refractivity contribution in [3.63, 3.8) is 0 Å². The van der Waals surface area contributed by atoms with E-state index in [-0.39, 0.29) is 0 Å². The summed E-state index contributed by atoms with van der Waals surface area (Å²) in [7, 11) is 0. The standard InChI is InChI=1S/C21H20N2/c1-15-7-6-9-18(11-15)19-12-20(14-22-13-19)23-17(3)21-10-5-4-8-16(21)2/h4-14,23H,3H2,1-2H3. The number of nitrogens with one attached hydrogen (secondary N) is 1. The fourth-order valence-corrected chi connectivity index (χ4v) is 2.64. The Morgan fingerprint density at radius 1 is 0.913 bits per heavy atom. The van der Waals surface area contributed by atoms with Crippen molar-refractivity contribution in [1.29, 1.82) is 0 Å². The first-order valence-electron chi connectivity index (χ1n) is 7.67. The zero-order valence-electron chi connectivity index (χ0n) is 13.5. The number of benzene rings is 2. The molecule has 2 aromatic carbocycles. The summed E-state index contributed by atoms with van der Waals surface area (Å²) in [5, 5.41) is 3.37. The lowest BCUT2D eigenvalue weighted by molar-refractivity contribution is 1.32. The van der Waals surface area contributed by atoms with E-state index in [0.29, 0.717) is 0 Å². The van der Waals surface area contributed by atoms with Crippen LogP contribution in [0, 0.1) is 13.8 Å². The fourth-order valence-electron chi connectivity index (χ4n) is 2.64. The van der Waals surface area contributed by atoms with Crippen LogP contribution in [0.3, 0.4) is 0 Å². The van der Waals surface area contributed by atoms with Crippen LogP contribution < -0.4 is 5.32 Å². The molecule has 1 aromatic heterocycles. The van der Waals surface area contributed by atoms with Crippen LogP contribution in [0.4, 0.5) is 5.69 Å². The van der Waals surface area contributed by atoms with Gasteiger partial charge in [0.2, 0.25) is 0 Å². The van der Waals surface area contributed by atoms with Gasteiger partial charge in [0.25, 0.3) is 0 Å². The van der Waals surface area contributed by atoms with E-state index in [4.69, 9.17) is 0 Å². The largest absolute Gasteiger partial charge is 0.354 e. The molecule has 0 amide bonds. The van der Waals surface area contributed by atoms with Gasteiger partial charge in [0.05, 0.1) is 11.9 Å². The smallest absolute Gasteiger partial charge is 0.0576 e. The van der Waals surface area contributed by atoms with E-state index in [1.807, 2.05) is 24.5 Å². The third-order valence-corrected chi connectivity index (χ3v) is 3.86. The second-order valence-corrected chi connectivity index (χ2v) is 5.75. The van der Waals surface area contributed by atoms with Crippen molar-refractivity contribution in [2.24, 2.45) is 0 Å². The molecule has 1 N–H and O–H groups in total. The molecule has 3 rings (SSSR count). The summed E-state index contributed by atoms with van der Waals surface area (Å²) in [6, 6.07) is 18.7. The molecule has 0 spiro atoms. The lowest BCUT2D eigenvalue weighted by Gasteiger charge is -2.13. The van der Waals surface area contributed by atoms with Gasteiger partial charge in [-0.2, -0.15) is 0 Å². The van der Waals surface area contributed by atoms with Crippen LogP contribution in [-0.2, 0) is 0 Å². The second-order valence-electron chi connectivity index (χ2n) is 5.75. The van der Waals surface area contributed by atoms with E-state index in [1.54, 1.807) is 0 Å². The van der Waals surface area contributed by atoms with Crippen molar-refractivity contribution >= 4 is 11.4 Å². The van der Waals surface area contributed by atoms with Gasteiger partial charge < -0.3 is 5.32 Å². The molecule has 0 atom stereocenters. The van der Waals surface area contributed by atoms with E-state index in [9.17, 15) is 0 Å². The molecule has 2 nitrogen and oxygen atoms in total. The molecule has 0 aliphatic carbocycles. The molecule has 0 fully saturated rings. The first-order chi connectivity index (χ1) is 11.1. The highest BCUT2D eigenvalue weighted by molar-refractivity contribution is 5.78. The van der Waals surface area contributed by atoms with Gasteiger partial charge in [0.1, 0.15) is 0 Å². The van der Waals surface area contributed by atoms with Crippen LogP contribution >= 0.6 is 0 Å². The Hall–Kier alpha value is -2.87. The number of aromatic nitrogens is 1. The third kappa shape index (κ3) is 3.49. The molecule has 0 aliphatic heterocycles. The third-order valence-electron chi connectivity index (χ3n) is 3.86. The van der Waals surface area contributed by atoms with E-state index < -0.39 is 0 Å². The van der Waals surface area contributed by atoms with Crippen molar-refractivity contribution in [1.82, 2.24) is 4.98 Å². The maximum atomic E-state index is 4.36. The molecular formula is C21H20N2. The van der Waals surface area contributed by atoms with Gasteiger partial charge >= 0.3 is 0 Å². The predicted molar refractivity (Wildman–Crippen MR) is 98.2 cm³/mol. The Kier molecular flexibility index (Phi) is 4.24. The van der Waals surface area contributed by atoms with Crippen molar-refractivity contribution in [3.05, 3.63) is 90.3 Å². The number of nitrogens with zero attached hydrogens (tertiary/aromatic N) is 1. The number of aryl methyl sites for hydroxylation is 2. The van der Waals surface area contributed by atoms with Crippen LogP contribution in [0.2, 0.25) is 0 Å². The summed E-state index contributed by atoms with van der Waals surface area (Å²) < 4.78 is 0. The molecule has 0 saturated heterocycles. The lowest BCUT2D eigenvalue weighted by atomic mass is 10.0. The summed E-state index contributed by atoms with van der Waals surface area (Å²) in [6.45, 7) is 8.34. The summed E-state index contributed by atoms with van der Waals surface area (Å²) in [5.74, 6) is 0. The summed E-state index contributed by atoms with van der Waals surface area (Å²) >= 11 is 0. The Balaban J connectivity index is 1.86. The highest BCUT2D eigenvalue weighted by Crippen LogP contribution is 2.25. The minimum absolute atomic E-state index is 0.881. The van der Waals surface area contributed by atoms with Gasteiger partial charge in [-0.15, -0.1) is 0 Å². The summed E-state index contributed by atoms with van der Waals surface area (Å²) in [4.78, 5) is 4.36. The number of hydrogen-bond acceptors (Lipinski definition) is 2. The van der Waals surface area contributed by atoms with Crippen LogP contribution in [0.1, 0.15) is 16.7 Å². The van der Waals surface area contributed by atoms with Crippen molar-refractivity contribution in [2.45, 2.75) is 13.8 Å². The number of rotatable bonds is 4. The van der Waals surface area contributed by atoms with Crippen molar-refractivity contribution in [2.75, 3.05) is 5.32 Å². The Bertz CT molecular complexity index is 850. The average molecular weight is 300 g/mol. The molecule has 1 heterocycles. The summed E-state index contributed by atoms with van der Waals surface area (Å²) in [6.07, 6.45) is 3.71. The Labute approximate surface area is 137 Å². The lowest BCUT2D eigenvalue weighted by Crippen LogP contribution is -1.99. The number of hydrogen-bond donors (Lipinski definition) is 1. The van der Waals surface area contributed by atoms with E-state index in [0.717, 1.165) is 22.5 Å². The molecule has 0 unspecified atom stereocenters. The predicted octanol–water partition coefficient (Wildman–Crippen LogP) is 5.45. The highest BCUT2D eigenvalue weighted by Gasteiger charge is 2.05. The minimum Gasteiger partial charge on any atom is -0.354 e. The maximum absolute atomic E-state index is 4.36. The van der Waals surface area contributed by atoms with Crippen LogP contribution in [0.5, 0.6) is 0 Å². The molecule has 0 radical (unpaired) electrons. The van der Waals surface area contributed by atoms with Gasteiger partial charge in [-0.1, -0.05) is 60.7 Å². The summed E-state index contributed by atoms with van der Waals surface area (Å²) in [5.41, 5.74) is 7.65. The monoisotopic (exact) mass is 300 g/mol. The van der Waals surface area contributed by atoms with Gasteiger partial charge in [0.15, 0.2) is 0 Å². The van der Waals surface area contributed by atoms with Crippen LogP contribution in [0.15, 0.2) is 73.6 Å². The second kappa shape index (κ2) is 6.49. The highest BCUT2D eigenvalue weighted by atomic mass is 14.9. The molecule has 3 aromatic rings. The minimum atomic E-state index is 0.881. The number of pyridine rings is 1. The van der Waals surface area contributed by atoms with E-state index >= 15 is 0 Å². The van der Waals surface area contributed by atoms with Gasteiger partial charge in [-0.3, -0.25) is 4.98 Å². The molecule has 0 bridgehead atoms. The van der Waals surface area contributed by atoms with Gasteiger partial charge in [0, 0.05) is 23.0 Å². The first-order valence-corrected chi connectivity index (χ1v) is 7.67. The molecule has 0 aliphatic rings.